The molecule has 2 aliphatic heterocycles. The van der Waals surface area contributed by atoms with Crippen LogP contribution in [-0.2, 0) is 9.47 Å². The molecule has 2 fully saturated rings. The number of ether oxygens (including phenoxy) is 2. The second kappa shape index (κ2) is 6.47. The minimum absolute atomic E-state index is 0.0322. The van der Waals surface area contributed by atoms with Crippen molar-refractivity contribution in [3.8, 4) is 0 Å². The molecule has 0 N–H and O–H groups in total. The molecule has 0 radical (unpaired) electrons. The normalized spacial score (nSPS) is 22.2. The summed E-state index contributed by atoms with van der Waals surface area (Å²) in [6.45, 7) is 3.25. The summed E-state index contributed by atoms with van der Waals surface area (Å²) in [5.74, 6) is -0.433. The Morgan fingerprint density at radius 2 is 2.17 bits per heavy atom. The highest BCUT2D eigenvalue weighted by Gasteiger charge is 2.34. The lowest BCUT2D eigenvalue weighted by Crippen LogP contribution is -2.24. The van der Waals surface area contributed by atoms with Gasteiger partial charge in [-0.1, -0.05) is 34.4 Å². The van der Waals surface area contributed by atoms with Crippen molar-refractivity contribution in [3.05, 3.63) is 29.3 Å². The van der Waals surface area contributed by atoms with Crippen LogP contribution in [0.5, 0.6) is 0 Å². The topological polar surface area (TPSA) is 51.9 Å². The van der Waals surface area contributed by atoms with Gasteiger partial charge in [0.05, 0.1) is 18.9 Å². The molecule has 2 saturated heterocycles. The third kappa shape index (κ3) is 2.63. The zero-order chi connectivity index (χ0) is 16.8. The number of benzene rings is 1. The maximum atomic E-state index is 14.7. The van der Waals surface area contributed by atoms with E-state index in [0.29, 0.717) is 42.0 Å². The van der Waals surface area contributed by atoms with Crippen molar-refractivity contribution >= 4 is 56.2 Å². The van der Waals surface area contributed by atoms with Crippen LogP contribution in [0.1, 0.15) is 17.4 Å². The Kier molecular flexibility index (Phi) is 4.48. The summed E-state index contributed by atoms with van der Waals surface area (Å²) >= 11 is 3.58. The zero-order valence-electron chi connectivity index (χ0n) is 12.9. The molecule has 2 aromatic rings. The molecule has 1 aromatic heterocycles. The van der Waals surface area contributed by atoms with Crippen molar-refractivity contribution in [1.29, 1.82) is 0 Å². The van der Waals surface area contributed by atoms with Crippen molar-refractivity contribution in [2.45, 2.75) is 18.5 Å². The largest absolute Gasteiger partial charge is 0.459 e. The second-order valence-electron chi connectivity index (χ2n) is 5.75. The van der Waals surface area contributed by atoms with Crippen LogP contribution in [0.25, 0.3) is 11.0 Å². The summed E-state index contributed by atoms with van der Waals surface area (Å²) < 4.78 is 32.1. The summed E-state index contributed by atoms with van der Waals surface area (Å²) in [7, 11) is 0. The Morgan fingerprint density at radius 3 is 2.83 bits per heavy atom. The molecule has 5 nitrogen and oxygen atoms in total. The first-order valence-corrected chi connectivity index (χ1v) is 9.98. The van der Waals surface area contributed by atoms with Gasteiger partial charge >= 0.3 is 0 Å². The molecule has 4 rings (SSSR count). The summed E-state index contributed by atoms with van der Waals surface area (Å²) in [4.78, 5) is 13.9. The Hall–Kier alpha value is -0.840. The van der Waals surface area contributed by atoms with E-state index in [0.717, 1.165) is 4.43 Å². The van der Waals surface area contributed by atoms with Gasteiger partial charge in [-0.3, -0.25) is 9.69 Å². The van der Waals surface area contributed by atoms with Crippen LogP contribution in [0.15, 0.2) is 16.7 Å². The zero-order valence-corrected chi connectivity index (χ0v) is 15.9. The van der Waals surface area contributed by atoms with Crippen molar-refractivity contribution in [2.24, 2.45) is 0 Å². The Balaban J connectivity index is 1.82. The maximum absolute atomic E-state index is 14.7. The molecule has 0 unspecified atom stereocenters. The number of thioether (sulfide) groups is 1. The van der Waals surface area contributed by atoms with E-state index in [1.165, 1.54) is 18.0 Å². The van der Waals surface area contributed by atoms with Crippen LogP contribution in [0.3, 0.4) is 0 Å². The Bertz CT molecular complexity index is 805. The molecule has 8 heteroatoms. The Morgan fingerprint density at radius 1 is 1.42 bits per heavy atom. The van der Waals surface area contributed by atoms with E-state index in [1.807, 2.05) is 6.07 Å². The highest BCUT2D eigenvalue weighted by atomic mass is 127. The van der Waals surface area contributed by atoms with Gasteiger partial charge < -0.3 is 13.9 Å². The van der Waals surface area contributed by atoms with E-state index in [2.05, 4.69) is 22.6 Å². The van der Waals surface area contributed by atoms with Crippen molar-refractivity contribution in [3.63, 3.8) is 0 Å². The van der Waals surface area contributed by atoms with Gasteiger partial charge in [0.15, 0.2) is 17.7 Å². The fraction of sp³-hybridized carbons (Fsp3) is 0.438. The number of hydrogen-bond acceptors (Lipinski definition) is 5. The lowest BCUT2D eigenvalue weighted by atomic mass is 10.0. The number of nitrogens with zero attached hydrogens (tertiary/aromatic N) is 1. The van der Waals surface area contributed by atoms with E-state index in [-0.39, 0.29) is 16.1 Å². The molecule has 1 amide bonds. The second-order valence-corrected chi connectivity index (χ2v) is 7.88. The first kappa shape index (κ1) is 16.6. The highest BCUT2D eigenvalue weighted by Crippen LogP contribution is 2.40. The summed E-state index contributed by atoms with van der Waals surface area (Å²) in [5, 5.41) is 0.782. The molecule has 0 aliphatic carbocycles. The molecule has 128 valence electrons. The standard InChI is InChI=1S/C16H15FINO4S/c1-8-10(15-21-2-3-22-15)4-11-12(7-23-14(11)13(8)17)19-6-9(5-18)24-16(19)20/h4,7,9,15H,2-3,5-6H2,1H3/t9-/m0/s1. The number of hydrogen-bond donors (Lipinski definition) is 0. The van der Waals surface area contributed by atoms with E-state index in [4.69, 9.17) is 13.9 Å². The smallest absolute Gasteiger partial charge is 0.286 e. The lowest BCUT2D eigenvalue weighted by molar-refractivity contribution is -0.0446. The number of halogens is 2. The number of amides is 1. The fourth-order valence-electron chi connectivity index (χ4n) is 3.02. The maximum Gasteiger partial charge on any atom is 0.286 e. The number of furan rings is 1. The number of alkyl halides is 1. The van der Waals surface area contributed by atoms with E-state index < -0.39 is 12.1 Å². The molecule has 24 heavy (non-hydrogen) atoms. The molecule has 1 aromatic carbocycles. The molecule has 3 heterocycles. The minimum atomic E-state index is -0.572. The van der Waals surface area contributed by atoms with Crippen LogP contribution in [0.4, 0.5) is 14.9 Å². The van der Waals surface area contributed by atoms with Crippen LogP contribution < -0.4 is 4.90 Å². The average molecular weight is 463 g/mol. The third-order valence-electron chi connectivity index (χ3n) is 4.28. The van der Waals surface area contributed by atoms with Crippen molar-refractivity contribution in [2.75, 3.05) is 29.1 Å². The van der Waals surface area contributed by atoms with Gasteiger partial charge in [0, 0.05) is 27.2 Å². The lowest BCUT2D eigenvalue weighted by Gasteiger charge is -2.16. The predicted octanol–water partition coefficient (Wildman–Crippen LogP) is 4.40. The number of fused-ring (bicyclic) bond motifs is 1. The van der Waals surface area contributed by atoms with Gasteiger partial charge in [0.2, 0.25) is 0 Å². The molecule has 1 atom stereocenters. The van der Waals surface area contributed by atoms with E-state index in [1.54, 1.807) is 11.8 Å². The average Bonchev–Trinajstić information content (AvgIpc) is 3.29. The predicted molar refractivity (Wildman–Crippen MR) is 98.6 cm³/mol. The number of rotatable bonds is 3. The van der Waals surface area contributed by atoms with Gasteiger partial charge in [-0.15, -0.1) is 0 Å². The fourth-order valence-corrected chi connectivity index (χ4v) is 4.71. The van der Waals surface area contributed by atoms with Crippen LogP contribution in [0.2, 0.25) is 0 Å². The van der Waals surface area contributed by atoms with Gasteiger partial charge in [-0.05, 0) is 18.6 Å². The first-order chi connectivity index (χ1) is 11.6. The van der Waals surface area contributed by atoms with Gasteiger partial charge in [0.25, 0.3) is 5.24 Å². The summed E-state index contributed by atoms with van der Waals surface area (Å²) in [6.07, 6.45) is 0.888. The molecule has 0 saturated carbocycles. The minimum Gasteiger partial charge on any atom is -0.459 e. The van der Waals surface area contributed by atoms with E-state index >= 15 is 0 Å². The Labute approximate surface area is 156 Å². The van der Waals surface area contributed by atoms with E-state index in [9.17, 15) is 9.18 Å². The summed E-state index contributed by atoms with van der Waals surface area (Å²) in [6, 6.07) is 1.82. The van der Waals surface area contributed by atoms with Gasteiger partial charge in [0.1, 0.15) is 6.26 Å². The molecular formula is C16H15FINO4S. The molecule has 2 aliphatic rings. The first-order valence-electron chi connectivity index (χ1n) is 7.57. The summed E-state index contributed by atoms with van der Waals surface area (Å²) in [5.41, 5.74) is 1.86. The molecule has 0 spiro atoms. The monoisotopic (exact) mass is 463 g/mol. The quantitative estimate of drug-likeness (QED) is 0.499. The van der Waals surface area contributed by atoms with Crippen molar-refractivity contribution < 1.29 is 23.1 Å². The third-order valence-corrected chi connectivity index (χ3v) is 7.02. The van der Waals surface area contributed by atoms with Gasteiger partial charge in [-0.2, -0.15) is 0 Å². The number of carbonyl (C=O) groups is 1. The number of carbonyl (C=O) groups excluding carboxylic acids is 1. The van der Waals surface area contributed by atoms with Crippen molar-refractivity contribution in [1.82, 2.24) is 0 Å². The van der Waals surface area contributed by atoms with Crippen LogP contribution >= 0.6 is 34.4 Å². The molecule has 0 bridgehead atoms. The SMILES string of the molecule is Cc1c(C2OCCO2)cc2c(N3C[C@H](CI)SC3=O)coc2c1F. The van der Waals surface area contributed by atoms with Crippen LogP contribution in [-0.4, -0.2) is 34.7 Å². The molecular weight excluding hydrogens is 448 g/mol. The van der Waals surface area contributed by atoms with Crippen LogP contribution in [0, 0.1) is 12.7 Å². The van der Waals surface area contributed by atoms with Gasteiger partial charge in [-0.25, -0.2) is 4.39 Å². The number of anilines is 1. The highest BCUT2D eigenvalue weighted by molar-refractivity contribution is 14.1.